The van der Waals surface area contributed by atoms with E-state index in [9.17, 15) is 28.3 Å². The van der Waals surface area contributed by atoms with Crippen molar-refractivity contribution < 1.29 is 42.4 Å². The van der Waals surface area contributed by atoms with Gasteiger partial charge in [-0.05, 0) is 5.92 Å². The molecule has 4 N–H and O–H groups in total. The van der Waals surface area contributed by atoms with Gasteiger partial charge in [0.15, 0.2) is 0 Å². The van der Waals surface area contributed by atoms with Gasteiger partial charge < -0.3 is 29.7 Å². The molecule has 1 fully saturated rings. The number of oxime groups is 1. The van der Waals surface area contributed by atoms with Crippen molar-refractivity contribution >= 4 is 27.2 Å². The number of rotatable bonds is 7. The van der Waals surface area contributed by atoms with Crippen LogP contribution in [0.1, 0.15) is 26.7 Å². The second kappa shape index (κ2) is 9.29. The number of thioether (sulfide) groups is 1. The van der Waals surface area contributed by atoms with Gasteiger partial charge in [-0.1, -0.05) is 37.2 Å². The van der Waals surface area contributed by atoms with E-state index in [1.165, 1.54) is 0 Å². The lowest BCUT2D eigenvalue weighted by Gasteiger charge is -2.39. The zero-order valence-corrected chi connectivity index (χ0v) is 14.8. The summed E-state index contributed by atoms with van der Waals surface area (Å²) in [7, 11) is -5.03. The molecule has 1 saturated heterocycles. The van der Waals surface area contributed by atoms with E-state index in [1.807, 2.05) is 13.8 Å². The van der Waals surface area contributed by atoms with Gasteiger partial charge in [0.25, 0.3) is 10.4 Å². The molecule has 0 spiro atoms. The highest BCUT2D eigenvalue weighted by Gasteiger charge is 2.44. The minimum absolute atomic E-state index is 0.0631. The molecule has 0 radical (unpaired) electrons. The summed E-state index contributed by atoms with van der Waals surface area (Å²) < 4.78 is 40.9. The van der Waals surface area contributed by atoms with Crippen LogP contribution >= 0.6 is 11.8 Å². The van der Waals surface area contributed by atoms with Gasteiger partial charge in [-0.15, -0.1) is 0 Å². The van der Waals surface area contributed by atoms with Crippen LogP contribution in [-0.2, 0) is 19.4 Å². The standard InChI is InChI=1S/C12H23NO9S2/c1-3-6(2)4-8(13-22-24(18,19)20)23-12-11(17)10(16)9(15)7(5-14)21-12/h6-7,9-12,14-17H,3-5H2,1-2H3,(H,18,19,20)/p-1/b13-8-/t6?,7-,9-,10+,11-,12+/m1/s1. The molecule has 10 nitrogen and oxygen atoms in total. The lowest BCUT2D eigenvalue weighted by molar-refractivity contribution is -0.205. The summed E-state index contributed by atoms with van der Waals surface area (Å²) in [6.07, 6.45) is -4.71. The van der Waals surface area contributed by atoms with Crippen LogP contribution < -0.4 is 0 Å². The first-order chi connectivity index (χ1) is 11.1. The zero-order valence-electron chi connectivity index (χ0n) is 13.2. The number of hydrogen-bond acceptors (Lipinski definition) is 11. The van der Waals surface area contributed by atoms with Crippen molar-refractivity contribution in [3.63, 3.8) is 0 Å². The Hall–Kier alpha value is -0.470. The molecule has 0 amide bonds. The first-order valence-electron chi connectivity index (χ1n) is 7.27. The molecule has 142 valence electrons. The molecule has 1 rings (SSSR count). The molecule has 0 bridgehead atoms. The second-order valence-corrected chi connectivity index (χ2v) is 7.64. The molecular weight excluding hydrogens is 366 g/mol. The monoisotopic (exact) mass is 388 g/mol. The molecule has 0 aromatic heterocycles. The zero-order chi connectivity index (χ0) is 18.5. The van der Waals surface area contributed by atoms with Crippen LogP contribution in [0.2, 0.25) is 0 Å². The van der Waals surface area contributed by atoms with Gasteiger partial charge in [-0.25, -0.2) is 0 Å². The normalized spacial score (nSPS) is 33.3. The van der Waals surface area contributed by atoms with E-state index in [1.54, 1.807) is 0 Å². The summed E-state index contributed by atoms with van der Waals surface area (Å²) in [5.74, 6) is 0.0686. The largest absolute Gasteiger partial charge is 0.714 e. The molecule has 6 atom stereocenters. The SMILES string of the molecule is CCC(C)C/C(=N/OS(=O)(=O)[O-])S[C@@H]1O[C@H](CO)[C@@H](O)[C@H](O)[C@H]1O. The Bertz CT molecular complexity index is 525. The molecule has 1 aliphatic rings. The Balaban J connectivity index is 2.91. The van der Waals surface area contributed by atoms with Gasteiger partial charge >= 0.3 is 0 Å². The summed E-state index contributed by atoms with van der Waals surface area (Å²) in [5.41, 5.74) is -1.14. The number of hydrogen-bond donors (Lipinski definition) is 4. The minimum atomic E-state index is -5.03. The maximum Gasteiger partial charge on any atom is 0.284 e. The van der Waals surface area contributed by atoms with Gasteiger partial charge in [0, 0.05) is 6.42 Å². The van der Waals surface area contributed by atoms with Crippen LogP contribution in [0.3, 0.4) is 0 Å². The highest BCUT2D eigenvalue weighted by Crippen LogP contribution is 2.31. The van der Waals surface area contributed by atoms with E-state index < -0.39 is 46.9 Å². The summed E-state index contributed by atoms with van der Waals surface area (Å²) in [4.78, 5) is 0. The number of aliphatic hydroxyl groups excluding tert-OH is 4. The number of nitrogens with zero attached hydrogens (tertiary/aromatic N) is 1. The molecule has 0 aromatic rings. The lowest BCUT2D eigenvalue weighted by Crippen LogP contribution is -2.57. The highest BCUT2D eigenvalue weighted by molar-refractivity contribution is 8.14. The van der Waals surface area contributed by atoms with Crippen molar-refractivity contribution in [2.75, 3.05) is 6.61 Å². The van der Waals surface area contributed by atoms with E-state index in [-0.39, 0.29) is 17.4 Å². The molecule has 0 saturated carbocycles. The number of aliphatic hydroxyl groups is 4. The average Bonchev–Trinajstić information content (AvgIpc) is 2.52. The predicted molar refractivity (Wildman–Crippen MR) is 83.6 cm³/mol. The van der Waals surface area contributed by atoms with Gasteiger partial charge in [0.2, 0.25) is 0 Å². The molecule has 12 heteroatoms. The molecule has 1 unspecified atom stereocenters. The number of ether oxygens (including phenoxy) is 1. The third-order valence-corrected chi connectivity index (χ3v) is 4.94. The molecule has 24 heavy (non-hydrogen) atoms. The third-order valence-electron chi connectivity index (χ3n) is 3.55. The van der Waals surface area contributed by atoms with Crippen LogP contribution in [0.25, 0.3) is 0 Å². The molecular formula is C12H22NO9S2-. The molecule has 0 aromatic carbocycles. The van der Waals surface area contributed by atoms with Gasteiger partial charge in [-0.3, -0.25) is 4.28 Å². The van der Waals surface area contributed by atoms with Crippen LogP contribution in [0, 0.1) is 5.92 Å². The van der Waals surface area contributed by atoms with E-state index in [2.05, 4.69) is 9.44 Å². The van der Waals surface area contributed by atoms with E-state index in [0.717, 1.165) is 18.2 Å². The van der Waals surface area contributed by atoms with Crippen molar-refractivity contribution in [2.24, 2.45) is 11.1 Å². The topological polar surface area (TPSA) is 169 Å². The molecule has 0 aliphatic carbocycles. The Kier molecular flexibility index (Phi) is 8.35. The quantitative estimate of drug-likeness (QED) is 0.136. The Morgan fingerprint density at radius 3 is 2.46 bits per heavy atom. The molecule has 1 heterocycles. The first-order valence-corrected chi connectivity index (χ1v) is 9.48. The van der Waals surface area contributed by atoms with Crippen LogP contribution in [-0.4, -0.2) is 74.9 Å². The second-order valence-electron chi connectivity index (χ2n) is 5.50. The van der Waals surface area contributed by atoms with Crippen molar-refractivity contribution in [3.8, 4) is 0 Å². The smallest absolute Gasteiger partial charge is 0.284 e. The lowest BCUT2D eigenvalue weighted by atomic mass is 10.0. The van der Waals surface area contributed by atoms with Crippen LogP contribution in [0.4, 0.5) is 0 Å². The minimum Gasteiger partial charge on any atom is -0.714 e. The fourth-order valence-corrected chi connectivity index (χ4v) is 3.39. The van der Waals surface area contributed by atoms with Crippen molar-refractivity contribution in [1.29, 1.82) is 0 Å². The molecule has 1 aliphatic heterocycles. The van der Waals surface area contributed by atoms with Gasteiger partial charge in [0.1, 0.15) is 34.9 Å². The van der Waals surface area contributed by atoms with Crippen molar-refractivity contribution in [1.82, 2.24) is 0 Å². The summed E-state index contributed by atoms with van der Waals surface area (Å²) in [6, 6.07) is 0. The van der Waals surface area contributed by atoms with Crippen LogP contribution in [0.5, 0.6) is 0 Å². The summed E-state index contributed by atoms with van der Waals surface area (Å²) >= 11 is 0.750. The first kappa shape index (κ1) is 21.6. The van der Waals surface area contributed by atoms with Crippen LogP contribution in [0.15, 0.2) is 5.16 Å². The van der Waals surface area contributed by atoms with E-state index >= 15 is 0 Å². The summed E-state index contributed by atoms with van der Waals surface area (Å²) in [5, 5.41) is 41.9. The maximum absolute atomic E-state index is 10.6. The van der Waals surface area contributed by atoms with Gasteiger partial charge in [0.05, 0.1) is 6.61 Å². The van der Waals surface area contributed by atoms with E-state index in [0.29, 0.717) is 0 Å². The Morgan fingerprint density at radius 2 is 1.96 bits per heavy atom. The summed E-state index contributed by atoms with van der Waals surface area (Å²) in [6.45, 7) is 3.16. The predicted octanol–water partition coefficient (Wildman–Crippen LogP) is -1.25. The van der Waals surface area contributed by atoms with Gasteiger partial charge in [-0.2, -0.15) is 8.42 Å². The Morgan fingerprint density at radius 1 is 1.33 bits per heavy atom. The fourth-order valence-electron chi connectivity index (χ4n) is 1.94. The van der Waals surface area contributed by atoms with Crippen molar-refractivity contribution in [2.45, 2.75) is 56.5 Å². The fraction of sp³-hybridized carbons (Fsp3) is 0.917. The highest BCUT2D eigenvalue weighted by atomic mass is 32.3. The average molecular weight is 388 g/mol. The third kappa shape index (κ3) is 6.44. The van der Waals surface area contributed by atoms with Crippen molar-refractivity contribution in [3.05, 3.63) is 0 Å². The Labute approximate surface area is 144 Å². The maximum atomic E-state index is 10.6. The van der Waals surface area contributed by atoms with E-state index in [4.69, 9.17) is 9.84 Å².